The second kappa shape index (κ2) is 5.17. The zero-order chi connectivity index (χ0) is 14.9. The molecular weight excluding hydrogens is 258 g/mol. The maximum absolute atomic E-state index is 12.3. The summed E-state index contributed by atoms with van der Waals surface area (Å²) in [4.78, 5) is 12.3. The SMILES string of the molecule is COc1ccc2cc(CO)n(C(=O)OC(C)(C)C)c2c1. The molecule has 0 amide bonds. The van der Waals surface area contributed by atoms with Gasteiger partial charge in [0.05, 0.1) is 24.9 Å². The molecule has 1 aromatic carbocycles. The van der Waals surface area contributed by atoms with Crippen molar-refractivity contribution in [2.24, 2.45) is 0 Å². The van der Waals surface area contributed by atoms with E-state index < -0.39 is 11.7 Å². The molecule has 0 spiro atoms. The van der Waals surface area contributed by atoms with Crippen LogP contribution in [0.2, 0.25) is 0 Å². The molecule has 0 atom stereocenters. The van der Waals surface area contributed by atoms with Crippen molar-refractivity contribution in [2.75, 3.05) is 7.11 Å². The lowest BCUT2D eigenvalue weighted by Gasteiger charge is -2.20. The molecule has 0 saturated heterocycles. The highest BCUT2D eigenvalue weighted by Gasteiger charge is 2.22. The smallest absolute Gasteiger partial charge is 0.419 e. The molecule has 20 heavy (non-hydrogen) atoms. The summed E-state index contributed by atoms with van der Waals surface area (Å²) in [6.45, 7) is 5.16. The Bertz CT molecular complexity index is 637. The predicted molar refractivity (Wildman–Crippen MR) is 76.0 cm³/mol. The van der Waals surface area contributed by atoms with E-state index in [9.17, 15) is 9.90 Å². The van der Waals surface area contributed by atoms with E-state index in [-0.39, 0.29) is 6.61 Å². The average molecular weight is 277 g/mol. The third-order valence-corrected chi connectivity index (χ3v) is 2.83. The molecule has 0 aliphatic carbocycles. The van der Waals surface area contributed by atoms with E-state index in [0.717, 1.165) is 5.39 Å². The number of hydrogen-bond acceptors (Lipinski definition) is 4. The molecule has 0 unspecified atom stereocenters. The molecule has 108 valence electrons. The van der Waals surface area contributed by atoms with Crippen molar-refractivity contribution >= 4 is 17.0 Å². The fraction of sp³-hybridized carbons (Fsp3) is 0.400. The molecule has 5 nitrogen and oxygen atoms in total. The Morgan fingerprint density at radius 1 is 1.30 bits per heavy atom. The Kier molecular flexibility index (Phi) is 3.72. The van der Waals surface area contributed by atoms with Gasteiger partial charge >= 0.3 is 6.09 Å². The number of aliphatic hydroxyl groups excluding tert-OH is 1. The van der Waals surface area contributed by atoms with Gasteiger partial charge in [0.25, 0.3) is 0 Å². The molecule has 0 bridgehead atoms. The van der Waals surface area contributed by atoms with Gasteiger partial charge in [-0.1, -0.05) is 0 Å². The minimum Gasteiger partial charge on any atom is -0.497 e. The number of rotatable bonds is 2. The number of aliphatic hydroxyl groups is 1. The molecule has 1 N–H and O–H groups in total. The topological polar surface area (TPSA) is 60.7 Å². The minimum absolute atomic E-state index is 0.240. The van der Waals surface area contributed by atoms with Gasteiger partial charge < -0.3 is 14.6 Å². The van der Waals surface area contributed by atoms with Crippen LogP contribution >= 0.6 is 0 Å². The van der Waals surface area contributed by atoms with E-state index in [1.165, 1.54) is 4.57 Å². The zero-order valence-electron chi connectivity index (χ0n) is 12.1. The second-order valence-electron chi connectivity index (χ2n) is 5.53. The van der Waals surface area contributed by atoms with Gasteiger partial charge in [-0.05, 0) is 39.0 Å². The predicted octanol–water partition coefficient (Wildman–Crippen LogP) is 2.93. The second-order valence-corrected chi connectivity index (χ2v) is 5.53. The molecular formula is C15H19NO4. The summed E-state index contributed by atoms with van der Waals surface area (Å²) < 4.78 is 11.9. The van der Waals surface area contributed by atoms with Crippen LogP contribution in [0.25, 0.3) is 10.9 Å². The van der Waals surface area contributed by atoms with Crippen molar-refractivity contribution in [3.8, 4) is 5.75 Å². The maximum atomic E-state index is 12.3. The minimum atomic E-state index is -0.598. The maximum Gasteiger partial charge on any atom is 0.419 e. The summed E-state index contributed by atoms with van der Waals surface area (Å²) in [5.74, 6) is 0.643. The zero-order valence-corrected chi connectivity index (χ0v) is 12.1. The molecule has 0 fully saturated rings. The first-order valence-electron chi connectivity index (χ1n) is 6.38. The van der Waals surface area contributed by atoms with Crippen LogP contribution in [0.4, 0.5) is 4.79 Å². The van der Waals surface area contributed by atoms with Gasteiger partial charge in [0.1, 0.15) is 11.4 Å². The fourth-order valence-corrected chi connectivity index (χ4v) is 2.00. The van der Waals surface area contributed by atoms with Crippen LogP contribution in [0.5, 0.6) is 5.75 Å². The van der Waals surface area contributed by atoms with Gasteiger partial charge in [0.2, 0.25) is 0 Å². The van der Waals surface area contributed by atoms with Gasteiger partial charge in [-0.15, -0.1) is 0 Å². The van der Waals surface area contributed by atoms with Gasteiger partial charge in [-0.25, -0.2) is 9.36 Å². The summed E-state index contributed by atoms with van der Waals surface area (Å²) in [6, 6.07) is 7.16. The van der Waals surface area contributed by atoms with E-state index in [1.54, 1.807) is 40.0 Å². The van der Waals surface area contributed by atoms with Crippen LogP contribution in [-0.2, 0) is 11.3 Å². The van der Waals surface area contributed by atoms with Gasteiger partial charge in [0, 0.05) is 11.5 Å². The van der Waals surface area contributed by atoms with Crippen molar-refractivity contribution in [1.29, 1.82) is 0 Å². The number of ether oxygens (including phenoxy) is 2. The summed E-state index contributed by atoms with van der Waals surface area (Å²) in [5, 5.41) is 10.3. The molecule has 0 aliphatic rings. The van der Waals surface area contributed by atoms with Gasteiger partial charge in [0.15, 0.2) is 0 Å². The molecule has 2 rings (SSSR count). The van der Waals surface area contributed by atoms with Crippen molar-refractivity contribution in [1.82, 2.24) is 4.57 Å². The van der Waals surface area contributed by atoms with E-state index in [4.69, 9.17) is 9.47 Å². The lowest BCUT2D eigenvalue weighted by atomic mass is 10.2. The van der Waals surface area contributed by atoms with Crippen LogP contribution in [0, 0.1) is 0 Å². The van der Waals surface area contributed by atoms with Crippen molar-refractivity contribution in [3.63, 3.8) is 0 Å². The van der Waals surface area contributed by atoms with E-state index in [1.807, 2.05) is 12.1 Å². The monoisotopic (exact) mass is 277 g/mol. The van der Waals surface area contributed by atoms with E-state index in [0.29, 0.717) is 17.0 Å². The molecule has 5 heteroatoms. The molecule has 1 aromatic heterocycles. The Hall–Kier alpha value is -2.01. The van der Waals surface area contributed by atoms with E-state index >= 15 is 0 Å². The number of carbonyl (C=O) groups is 1. The lowest BCUT2D eigenvalue weighted by Crippen LogP contribution is -2.28. The Balaban J connectivity index is 2.56. The van der Waals surface area contributed by atoms with Crippen LogP contribution < -0.4 is 4.74 Å². The summed E-state index contributed by atoms with van der Waals surface area (Å²) in [6.07, 6.45) is -0.509. The van der Waals surface area contributed by atoms with Gasteiger partial charge in [-0.3, -0.25) is 0 Å². The third kappa shape index (κ3) is 2.77. The van der Waals surface area contributed by atoms with Crippen LogP contribution in [-0.4, -0.2) is 28.5 Å². The summed E-state index contributed by atoms with van der Waals surface area (Å²) in [5.41, 5.74) is 0.546. The largest absolute Gasteiger partial charge is 0.497 e. The third-order valence-electron chi connectivity index (χ3n) is 2.83. The first-order chi connectivity index (χ1) is 9.35. The lowest BCUT2D eigenvalue weighted by molar-refractivity contribution is 0.0533. The highest BCUT2D eigenvalue weighted by Crippen LogP contribution is 2.26. The van der Waals surface area contributed by atoms with Crippen molar-refractivity contribution in [2.45, 2.75) is 33.0 Å². The van der Waals surface area contributed by atoms with Crippen LogP contribution in [0.1, 0.15) is 26.5 Å². The van der Waals surface area contributed by atoms with Crippen LogP contribution in [0.3, 0.4) is 0 Å². The standard InChI is InChI=1S/C15H19NO4/c1-15(2,3)20-14(18)16-11(9-17)7-10-5-6-12(19-4)8-13(10)16/h5-8,17H,9H2,1-4H3. The van der Waals surface area contributed by atoms with Crippen molar-refractivity contribution < 1.29 is 19.4 Å². The van der Waals surface area contributed by atoms with Gasteiger partial charge in [-0.2, -0.15) is 0 Å². The molecule has 2 aromatic rings. The number of hydrogen-bond donors (Lipinski definition) is 1. The number of fused-ring (bicyclic) bond motifs is 1. The molecule has 1 heterocycles. The Morgan fingerprint density at radius 2 is 2.00 bits per heavy atom. The highest BCUT2D eigenvalue weighted by atomic mass is 16.6. The summed E-state index contributed by atoms with van der Waals surface area (Å²) >= 11 is 0. The molecule has 0 saturated carbocycles. The summed E-state index contributed by atoms with van der Waals surface area (Å²) in [7, 11) is 1.56. The number of methoxy groups -OCH3 is 1. The van der Waals surface area contributed by atoms with Crippen LogP contribution in [0.15, 0.2) is 24.3 Å². The first-order valence-corrected chi connectivity index (χ1v) is 6.38. The number of nitrogens with zero attached hydrogens (tertiary/aromatic N) is 1. The normalized spacial score (nSPS) is 11.7. The highest BCUT2D eigenvalue weighted by molar-refractivity contribution is 5.91. The first kappa shape index (κ1) is 14.4. The fourth-order valence-electron chi connectivity index (χ4n) is 2.00. The number of aromatic nitrogens is 1. The number of carbonyl (C=O) groups excluding carboxylic acids is 1. The van der Waals surface area contributed by atoms with E-state index in [2.05, 4.69) is 0 Å². The quantitative estimate of drug-likeness (QED) is 0.916. The Labute approximate surface area is 117 Å². The number of benzene rings is 1. The Morgan fingerprint density at radius 3 is 2.55 bits per heavy atom. The van der Waals surface area contributed by atoms with Crippen molar-refractivity contribution in [3.05, 3.63) is 30.0 Å². The average Bonchev–Trinajstić information content (AvgIpc) is 2.73. The molecule has 0 radical (unpaired) electrons. The molecule has 0 aliphatic heterocycles.